The van der Waals surface area contributed by atoms with Crippen molar-refractivity contribution < 1.29 is 4.74 Å². The monoisotopic (exact) mass is 259 g/mol. The van der Waals surface area contributed by atoms with Crippen LogP contribution in [0.15, 0.2) is 35.3 Å². The van der Waals surface area contributed by atoms with Gasteiger partial charge < -0.3 is 15.0 Å². The predicted molar refractivity (Wildman–Crippen MR) is 73.2 cm³/mol. The summed E-state index contributed by atoms with van der Waals surface area (Å²) in [5.41, 5.74) is 7.70. The van der Waals surface area contributed by atoms with Crippen LogP contribution in [0.3, 0.4) is 0 Å². The molecule has 0 atom stereocenters. The number of aryl methyl sites for hydroxylation is 1. The molecule has 0 aliphatic heterocycles. The number of nitrogens with zero attached hydrogens (tertiary/aromatic N) is 2. The number of hydrogen-bond donors (Lipinski definition) is 1. The van der Waals surface area contributed by atoms with E-state index in [9.17, 15) is 4.79 Å². The molecule has 0 saturated heterocycles. The van der Waals surface area contributed by atoms with Crippen molar-refractivity contribution in [2.45, 2.75) is 20.0 Å². The summed E-state index contributed by atoms with van der Waals surface area (Å²) in [4.78, 5) is 16.5. The summed E-state index contributed by atoms with van der Waals surface area (Å²) in [6.45, 7) is 2.54. The van der Waals surface area contributed by atoms with Gasteiger partial charge in [0, 0.05) is 36.1 Å². The predicted octanol–water partition coefficient (Wildman–Crippen LogP) is 1.07. The highest BCUT2D eigenvalue weighted by atomic mass is 16.5. The number of ether oxygens (including phenoxy) is 1. The van der Waals surface area contributed by atoms with Crippen LogP contribution >= 0.6 is 0 Å². The Morgan fingerprint density at radius 1 is 1.42 bits per heavy atom. The minimum atomic E-state index is -0.0766. The fraction of sp³-hybridized carbons (Fsp3) is 0.286. The molecule has 0 aliphatic rings. The van der Waals surface area contributed by atoms with Gasteiger partial charge in [0.1, 0.15) is 5.75 Å². The van der Waals surface area contributed by atoms with E-state index in [0.717, 1.165) is 17.1 Å². The standard InChI is InChI=1S/C14H17N3O2/c1-10-6-13(19-2)7-12(16-10)9-17-5-3-4-11(8-15)14(17)18/h3-7H,8-9,15H2,1-2H3. The van der Waals surface area contributed by atoms with Gasteiger partial charge in [-0.3, -0.25) is 9.78 Å². The van der Waals surface area contributed by atoms with E-state index < -0.39 is 0 Å². The van der Waals surface area contributed by atoms with Crippen LogP contribution in [0.5, 0.6) is 5.75 Å². The first-order valence-electron chi connectivity index (χ1n) is 6.04. The molecule has 5 heteroatoms. The summed E-state index contributed by atoms with van der Waals surface area (Å²) in [5.74, 6) is 0.741. The summed E-state index contributed by atoms with van der Waals surface area (Å²) in [7, 11) is 1.61. The molecule has 0 aromatic carbocycles. The van der Waals surface area contributed by atoms with Gasteiger partial charge >= 0.3 is 0 Å². The highest BCUT2D eigenvalue weighted by Crippen LogP contribution is 2.13. The first-order chi connectivity index (χ1) is 9.13. The van der Waals surface area contributed by atoms with Gasteiger partial charge in [0.05, 0.1) is 19.3 Å². The highest BCUT2D eigenvalue weighted by Gasteiger charge is 2.05. The highest BCUT2D eigenvalue weighted by molar-refractivity contribution is 5.27. The lowest BCUT2D eigenvalue weighted by Crippen LogP contribution is -2.25. The van der Waals surface area contributed by atoms with Crippen molar-refractivity contribution in [2.24, 2.45) is 5.73 Å². The van der Waals surface area contributed by atoms with Crippen molar-refractivity contribution in [3.63, 3.8) is 0 Å². The molecule has 2 heterocycles. The van der Waals surface area contributed by atoms with E-state index in [1.807, 2.05) is 25.1 Å². The van der Waals surface area contributed by atoms with Crippen molar-refractivity contribution in [3.8, 4) is 5.75 Å². The van der Waals surface area contributed by atoms with E-state index in [0.29, 0.717) is 12.1 Å². The number of methoxy groups -OCH3 is 1. The Labute approximate surface area is 111 Å². The molecule has 2 aromatic heterocycles. The second kappa shape index (κ2) is 5.67. The summed E-state index contributed by atoms with van der Waals surface area (Å²) >= 11 is 0. The number of pyridine rings is 2. The molecule has 0 spiro atoms. The van der Waals surface area contributed by atoms with Gasteiger partial charge in [-0.15, -0.1) is 0 Å². The van der Waals surface area contributed by atoms with Crippen molar-refractivity contribution in [2.75, 3.05) is 7.11 Å². The zero-order chi connectivity index (χ0) is 13.8. The molecule has 0 saturated carbocycles. The lowest BCUT2D eigenvalue weighted by molar-refractivity contribution is 0.412. The molecule has 0 unspecified atom stereocenters. The van der Waals surface area contributed by atoms with Gasteiger partial charge in [0.25, 0.3) is 5.56 Å². The van der Waals surface area contributed by atoms with Crippen molar-refractivity contribution in [3.05, 3.63) is 57.8 Å². The maximum absolute atomic E-state index is 12.1. The molecule has 2 rings (SSSR count). The average molecular weight is 259 g/mol. The third-order valence-electron chi connectivity index (χ3n) is 2.87. The molecule has 0 fully saturated rings. The topological polar surface area (TPSA) is 70.1 Å². The molecule has 0 bridgehead atoms. The number of rotatable bonds is 4. The van der Waals surface area contributed by atoms with Gasteiger partial charge in [-0.1, -0.05) is 6.07 Å². The summed E-state index contributed by atoms with van der Waals surface area (Å²) in [6.07, 6.45) is 1.73. The lowest BCUT2D eigenvalue weighted by atomic mass is 10.2. The number of hydrogen-bond acceptors (Lipinski definition) is 4. The second-order valence-electron chi connectivity index (χ2n) is 4.31. The molecular formula is C14H17N3O2. The molecule has 0 amide bonds. The number of aromatic nitrogens is 2. The quantitative estimate of drug-likeness (QED) is 0.891. The Hall–Kier alpha value is -2.14. The molecule has 0 aliphatic carbocycles. The fourth-order valence-corrected chi connectivity index (χ4v) is 1.94. The van der Waals surface area contributed by atoms with E-state index >= 15 is 0 Å². The van der Waals surface area contributed by atoms with Crippen LogP contribution in [0.1, 0.15) is 17.0 Å². The van der Waals surface area contributed by atoms with Gasteiger partial charge in [0.2, 0.25) is 0 Å². The van der Waals surface area contributed by atoms with Gasteiger partial charge in [-0.05, 0) is 13.0 Å². The summed E-state index contributed by atoms with van der Waals surface area (Å²) < 4.78 is 6.80. The maximum atomic E-state index is 12.1. The Morgan fingerprint density at radius 3 is 2.89 bits per heavy atom. The second-order valence-corrected chi connectivity index (χ2v) is 4.31. The minimum Gasteiger partial charge on any atom is -0.497 e. The summed E-state index contributed by atoms with van der Waals surface area (Å²) in [6, 6.07) is 7.23. The Morgan fingerprint density at radius 2 is 2.21 bits per heavy atom. The van der Waals surface area contributed by atoms with Crippen molar-refractivity contribution >= 4 is 0 Å². The van der Waals surface area contributed by atoms with Gasteiger partial charge in [0.15, 0.2) is 0 Å². The van der Waals surface area contributed by atoms with Crippen LogP contribution < -0.4 is 16.0 Å². The first kappa shape index (κ1) is 13.3. The van der Waals surface area contributed by atoms with E-state index in [1.54, 1.807) is 23.9 Å². The third-order valence-corrected chi connectivity index (χ3v) is 2.87. The molecule has 2 aromatic rings. The first-order valence-corrected chi connectivity index (χ1v) is 6.04. The Bertz CT molecular complexity index is 635. The smallest absolute Gasteiger partial charge is 0.255 e. The third kappa shape index (κ3) is 3.00. The molecule has 0 radical (unpaired) electrons. The molecule has 2 N–H and O–H groups in total. The van der Waals surface area contributed by atoms with E-state index in [-0.39, 0.29) is 12.1 Å². The maximum Gasteiger partial charge on any atom is 0.255 e. The molecule has 5 nitrogen and oxygen atoms in total. The van der Waals surface area contributed by atoms with Crippen LogP contribution in [0.2, 0.25) is 0 Å². The molecular weight excluding hydrogens is 242 g/mol. The van der Waals surface area contributed by atoms with E-state index in [2.05, 4.69) is 4.98 Å². The Balaban J connectivity index is 2.36. The van der Waals surface area contributed by atoms with Gasteiger partial charge in [-0.2, -0.15) is 0 Å². The van der Waals surface area contributed by atoms with Crippen molar-refractivity contribution in [1.29, 1.82) is 0 Å². The zero-order valence-electron chi connectivity index (χ0n) is 11.1. The largest absolute Gasteiger partial charge is 0.497 e. The average Bonchev–Trinajstić information content (AvgIpc) is 2.40. The van der Waals surface area contributed by atoms with E-state index in [4.69, 9.17) is 10.5 Å². The molecule has 100 valence electrons. The van der Waals surface area contributed by atoms with Crippen molar-refractivity contribution in [1.82, 2.24) is 9.55 Å². The van der Waals surface area contributed by atoms with E-state index in [1.165, 1.54) is 0 Å². The van der Waals surface area contributed by atoms with Crippen LogP contribution in [0.4, 0.5) is 0 Å². The molecule has 19 heavy (non-hydrogen) atoms. The van der Waals surface area contributed by atoms with Crippen LogP contribution in [0.25, 0.3) is 0 Å². The van der Waals surface area contributed by atoms with Gasteiger partial charge in [-0.25, -0.2) is 0 Å². The normalized spacial score (nSPS) is 10.5. The SMILES string of the molecule is COc1cc(C)nc(Cn2cccc(CN)c2=O)c1. The van der Waals surface area contributed by atoms with Crippen LogP contribution in [-0.2, 0) is 13.1 Å². The summed E-state index contributed by atoms with van der Waals surface area (Å²) in [5, 5.41) is 0. The van der Waals surface area contributed by atoms with Crippen LogP contribution in [0, 0.1) is 6.92 Å². The fourth-order valence-electron chi connectivity index (χ4n) is 1.94. The lowest BCUT2D eigenvalue weighted by Gasteiger charge is -2.09. The Kier molecular flexibility index (Phi) is 3.97. The van der Waals surface area contributed by atoms with Crippen LogP contribution in [-0.4, -0.2) is 16.7 Å². The minimum absolute atomic E-state index is 0.0766. The number of nitrogens with two attached hydrogens (primary N) is 1. The zero-order valence-corrected chi connectivity index (χ0v) is 11.1.